The fraction of sp³-hybridized carbons (Fsp3) is 0.278. The first-order valence-corrected chi connectivity index (χ1v) is 7.19. The second-order valence-corrected chi connectivity index (χ2v) is 5.66. The van der Waals surface area contributed by atoms with Gasteiger partial charge in [-0.2, -0.15) is 0 Å². The fourth-order valence-electron chi connectivity index (χ4n) is 2.52. The summed E-state index contributed by atoms with van der Waals surface area (Å²) in [5, 5.41) is 9.00. The van der Waals surface area contributed by atoms with Crippen molar-refractivity contribution in [3.05, 3.63) is 71.3 Å². The summed E-state index contributed by atoms with van der Waals surface area (Å²) < 4.78 is 0. The third-order valence-corrected chi connectivity index (χ3v) is 3.46. The molecule has 2 N–H and O–H groups in total. The number of hydroxylamine groups is 1. The molecule has 1 unspecified atom stereocenters. The first-order valence-electron chi connectivity index (χ1n) is 7.19. The summed E-state index contributed by atoms with van der Waals surface area (Å²) in [6, 6.07) is 17.5. The predicted octanol–water partition coefficient (Wildman–Crippen LogP) is 3.52. The van der Waals surface area contributed by atoms with E-state index in [4.69, 9.17) is 5.21 Å². The lowest BCUT2D eigenvalue weighted by Crippen LogP contribution is -2.27. The van der Waals surface area contributed by atoms with E-state index < -0.39 is 11.8 Å². The van der Waals surface area contributed by atoms with E-state index in [0.29, 0.717) is 5.92 Å². The molecule has 3 nitrogen and oxygen atoms in total. The van der Waals surface area contributed by atoms with Crippen molar-refractivity contribution in [3.63, 3.8) is 0 Å². The van der Waals surface area contributed by atoms with Gasteiger partial charge in [-0.15, -0.1) is 0 Å². The number of amides is 1. The molecule has 0 radical (unpaired) electrons. The van der Waals surface area contributed by atoms with Crippen LogP contribution >= 0.6 is 0 Å². The molecule has 0 bridgehead atoms. The molecule has 0 saturated heterocycles. The van der Waals surface area contributed by atoms with E-state index in [2.05, 4.69) is 26.0 Å². The lowest BCUT2D eigenvalue weighted by molar-refractivity contribution is -0.129. The van der Waals surface area contributed by atoms with E-state index in [0.717, 1.165) is 17.5 Å². The van der Waals surface area contributed by atoms with Gasteiger partial charge in [-0.25, -0.2) is 5.48 Å². The Morgan fingerprint density at radius 2 is 1.57 bits per heavy atom. The largest absolute Gasteiger partial charge is 0.289 e. The maximum absolute atomic E-state index is 12.0. The Balaban J connectivity index is 2.31. The molecule has 3 heteroatoms. The number of rotatable bonds is 5. The van der Waals surface area contributed by atoms with Crippen molar-refractivity contribution in [1.29, 1.82) is 0 Å². The first-order chi connectivity index (χ1) is 10.1. The summed E-state index contributed by atoms with van der Waals surface area (Å²) in [5.74, 6) is -0.316. The number of carbonyl (C=O) groups is 1. The lowest BCUT2D eigenvalue weighted by atomic mass is 9.89. The second-order valence-electron chi connectivity index (χ2n) is 5.66. The maximum atomic E-state index is 12.0. The molecule has 1 amide bonds. The van der Waals surface area contributed by atoms with E-state index in [1.807, 2.05) is 42.5 Å². The average molecular weight is 283 g/mol. The normalized spacial score (nSPS) is 12.2. The third-order valence-electron chi connectivity index (χ3n) is 3.46. The Morgan fingerprint density at radius 1 is 1.00 bits per heavy atom. The van der Waals surface area contributed by atoms with Gasteiger partial charge in [-0.05, 0) is 29.0 Å². The summed E-state index contributed by atoms with van der Waals surface area (Å²) in [6.45, 7) is 4.36. The number of hydrogen-bond acceptors (Lipinski definition) is 2. The van der Waals surface area contributed by atoms with Crippen molar-refractivity contribution in [2.45, 2.75) is 26.2 Å². The molecule has 110 valence electrons. The van der Waals surface area contributed by atoms with Gasteiger partial charge in [0.2, 0.25) is 0 Å². The number of nitrogens with one attached hydrogen (secondary N) is 1. The molecule has 0 aliphatic heterocycles. The molecule has 0 heterocycles. The van der Waals surface area contributed by atoms with E-state index in [1.54, 1.807) is 5.48 Å². The van der Waals surface area contributed by atoms with Crippen LogP contribution in [0.3, 0.4) is 0 Å². The molecule has 1 atom stereocenters. The fourth-order valence-corrected chi connectivity index (χ4v) is 2.52. The summed E-state index contributed by atoms with van der Waals surface area (Å²) in [7, 11) is 0. The number of hydrogen-bond donors (Lipinski definition) is 2. The Labute approximate surface area is 125 Å². The molecular weight excluding hydrogens is 262 g/mol. The van der Waals surface area contributed by atoms with Gasteiger partial charge in [-0.3, -0.25) is 10.0 Å². The third kappa shape index (κ3) is 3.92. The zero-order chi connectivity index (χ0) is 15.2. The van der Waals surface area contributed by atoms with Crippen LogP contribution in [-0.2, 0) is 11.2 Å². The van der Waals surface area contributed by atoms with Gasteiger partial charge < -0.3 is 0 Å². The molecule has 0 aliphatic carbocycles. The molecule has 21 heavy (non-hydrogen) atoms. The van der Waals surface area contributed by atoms with Gasteiger partial charge in [-0.1, -0.05) is 68.4 Å². The highest BCUT2D eigenvalue weighted by molar-refractivity contribution is 5.86. The standard InChI is InChI=1S/C18H21NO2/c1-13(2)12-14-8-10-16(11-9-14)17(18(20)19-21)15-6-4-3-5-7-15/h3-11,13,17,21H,12H2,1-2H3,(H,19,20). The SMILES string of the molecule is CC(C)Cc1ccc(C(C(=O)NO)c2ccccc2)cc1. The quantitative estimate of drug-likeness (QED) is 0.651. The molecule has 2 aromatic carbocycles. The van der Waals surface area contributed by atoms with Gasteiger partial charge in [0.15, 0.2) is 0 Å². The summed E-state index contributed by atoms with van der Waals surface area (Å²) in [6.07, 6.45) is 1.02. The molecule has 0 saturated carbocycles. The van der Waals surface area contributed by atoms with Crippen LogP contribution in [0, 0.1) is 5.92 Å². The second kappa shape index (κ2) is 7.04. The summed E-state index contributed by atoms with van der Waals surface area (Å²) >= 11 is 0. The topological polar surface area (TPSA) is 49.3 Å². The predicted molar refractivity (Wildman–Crippen MR) is 83.2 cm³/mol. The van der Waals surface area contributed by atoms with Crippen molar-refractivity contribution in [1.82, 2.24) is 5.48 Å². The van der Waals surface area contributed by atoms with Gasteiger partial charge in [0.05, 0.1) is 5.92 Å². The van der Waals surface area contributed by atoms with Crippen LogP contribution in [0.1, 0.15) is 36.5 Å². The lowest BCUT2D eigenvalue weighted by Gasteiger charge is -2.16. The van der Waals surface area contributed by atoms with Crippen molar-refractivity contribution in [2.75, 3.05) is 0 Å². The Bertz CT molecular complexity index is 576. The van der Waals surface area contributed by atoms with Crippen molar-refractivity contribution >= 4 is 5.91 Å². The molecular formula is C18H21NO2. The van der Waals surface area contributed by atoms with Crippen LogP contribution in [0.15, 0.2) is 54.6 Å². The van der Waals surface area contributed by atoms with Crippen LogP contribution in [0.4, 0.5) is 0 Å². The zero-order valence-corrected chi connectivity index (χ0v) is 12.4. The Kier molecular flexibility index (Phi) is 5.12. The monoisotopic (exact) mass is 283 g/mol. The summed E-state index contributed by atoms with van der Waals surface area (Å²) in [5.41, 5.74) is 4.76. The molecule has 2 aromatic rings. The average Bonchev–Trinajstić information content (AvgIpc) is 2.49. The Morgan fingerprint density at radius 3 is 2.10 bits per heavy atom. The Hall–Kier alpha value is -2.13. The van der Waals surface area contributed by atoms with Gasteiger partial charge in [0, 0.05) is 0 Å². The maximum Gasteiger partial charge on any atom is 0.255 e. The van der Waals surface area contributed by atoms with E-state index in [9.17, 15) is 4.79 Å². The molecule has 0 fully saturated rings. The minimum Gasteiger partial charge on any atom is -0.289 e. The van der Waals surface area contributed by atoms with Crippen molar-refractivity contribution in [3.8, 4) is 0 Å². The highest BCUT2D eigenvalue weighted by atomic mass is 16.5. The zero-order valence-electron chi connectivity index (χ0n) is 12.4. The highest BCUT2D eigenvalue weighted by Crippen LogP contribution is 2.25. The summed E-state index contributed by atoms with van der Waals surface area (Å²) in [4.78, 5) is 12.0. The number of carbonyl (C=O) groups excluding carboxylic acids is 1. The van der Waals surface area contributed by atoms with Crippen molar-refractivity contribution in [2.24, 2.45) is 5.92 Å². The van der Waals surface area contributed by atoms with Gasteiger partial charge in [0.1, 0.15) is 0 Å². The van der Waals surface area contributed by atoms with Crippen LogP contribution < -0.4 is 5.48 Å². The van der Waals surface area contributed by atoms with Crippen LogP contribution in [0.25, 0.3) is 0 Å². The van der Waals surface area contributed by atoms with Gasteiger partial charge >= 0.3 is 0 Å². The van der Waals surface area contributed by atoms with Crippen LogP contribution in [-0.4, -0.2) is 11.1 Å². The van der Waals surface area contributed by atoms with Crippen LogP contribution in [0.2, 0.25) is 0 Å². The number of benzene rings is 2. The van der Waals surface area contributed by atoms with E-state index >= 15 is 0 Å². The first kappa shape index (κ1) is 15.3. The minimum atomic E-state index is -0.496. The van der Waals surface area contributed by atoms with Gasteiger partial charge in [0.25, 0.3) is 5.91 Å². The van der Waals surface area contributed by atoms with Crippen molar-refractivity contribution < 1.29 is 10.0 Å². The minimum absolute atomic E-state index is 0.419. The molecule has 0 aromatic heterocycles. The van der Waals surface area contributed by atoms with E-state index in [-0.39, 0.29) is 0 Å². The highest BCUT2D eigenvalue weighted by Gasteiger charge is 2.22. The molecule has 2 rings (SSSR count). The smallest absolute Gasteiger partial charge is 0.255 e. The van der Waals surface area contributed by atoms with Crippen LogP contribution in [0.5, 0.6) is 0 Å². The van der Waals surface area contributed by atoms with E-state index in [1.165, 1.54) is 5.56 Å². The molecule has 0 spiro atoms. The molecule has 0 aliphatic rings.